The first-order valence-corrected chi connectivity index (χ1v) is 5.51. The van der Waals surface area contributed by atoms with Gasteiger partial charge >= 0.3 is 0 Å². The van der Waals surface area contributed by atoms with Crippen molar-refractivity contribution < 1.29 is 0 Å². The summed E-state index contributed by atoms with van der Waals surface area (Å²) in [4.78, 5) is 0. The van der Waals surface area contributed by atoms with Crippen molar-refractivity contribution in [1.29, 1.82) is 0 Å². The van der Waals surface area contributed by atoms with Crippen molar-refractivity contribution in [3.8, 4) is 0 Å². The molecule has 0 bridgehead atoms. The Labute approximate surface area is 58.2 Å². The van der Waals surface area contributed by atoms with Crippen LogP contribution in [0, 0.1) is 3.91 Å². The first-order chi connectivity index (χ1) is 3.35. The third-order valence-electron chi connectivity index (χ3n) is 0.500. The first kappa shape index (κ1) is 8.05. The van der Waals surface area contributed by atoms with Crippen LogP contribution in [0.5, 0.6) is 0 Å². The fraction of sp³-hybridized carbons (Fsp3) is 0.750. The van der Waals surface area contributed by atoms with E-state index in [-0.39, 0.29) is 0 Å². The molecule has 0 spiro atoms. The van der Waals surface area contributed by atoms with Gasteiger partial charge in [-0.1, -0.05) is 0 Å². The van der Waals surface area contributed by atoms with E-state index in [1.165, 1.54) is 3.91 Å². The molecule has 0 atom stereocenters. The average molecular weight is 153 g/mol. The van der Waals surface area contributed by atoms with Gasteiger partial charge in [0.15, 0.2) is 0 Å². The molecule has 0 nitrogen and oxygen atoms in total. The Morgan fingerprint density at radius 1 is 0.857 bits per heavy atom. The van der Waals surface area contributed by atoms with Gasteiger partial charge in [-0.25, -0.2) is 0 Å². The molecule has 0 aromatic rings. The van der Waals surface area contributed by atoms with E-state index in [9.17, 15) is 0 Å². The predicted molar refractivity (Wildman–Crippen MR) is 43.8 cm³/mol. The van der Waals surface area contributed by atoms with Crippen molar-refractivity contribution in [2.24, 2.45) is 0 Å². The van der Waals surface area contributed by atoms with Crippen LogP contribution in [0.4, 0.5) is 0 Å². The number of rotatable bonds is 3. The highest BCUT2D eigenvalue weighted by molar-refractivity contribution is 8.36. The lowest BCUT2D eigenvalue weighted by Gasteiger charge is -2.02. The Hall–Kier alpha value is 1.05. The number of hydrogen-bond acceptors (Lipinski definition) is 3. The molecule has 3 heteroatoms. The third kappa shape index (κ3) is 3.62. The Morgan fingerprint density at radius 3 is 1.14 bits per heavy atom. The van der Waals surface area contributed by atoms with Gasteiger partial charge in [0, 0.05) is 0 Å². The monoisotopic (exact) mass is 153 g/mol. The lowest BCUT2D eigenvalue weighted by molar-refractivity contribution is 2.29. The van der Waals surface area contributed by atoms with Gasteiger partial charge in [-0.3, -0.25) is 0 Å². The van der Waals surface area contributed by atoms with Crippen LogP contribution in [0.2, 0.25) is 0 Å². The second-order valence-corrected chi connectivity index (χ2v) is 4.09. The van der Waals surface area contributed by atoms with E-state index in [1.54, 1.807) is 0 Å². The molecule has 43 valence electrons. The zero-order valence-corrected chi connectivity index (χ0v) is 7.17. The Morgan fingerprint density at radius 2 is 1.14 bits per heavy atom. The third-order valence-corrected chi connectivity index (χ3v) is 4.50. The zero-order chi connectivity index (χ0) is 5.70. The molecule has 0 saturated carbocycles. The van der Waals surface area contributed by atoms with Gasteiger partial charge in [-0.15, -0.1) is 35.3 Å². The molecular weight excluding hydrogens is 144 g/mol. The molecule has 0 saturated heterocycles. The van der Waals surface area contributed by atoms with Gasteiger partial charge in [0.1, 0.15) is 3.91 Å². The van der Waals surface area contributed by atoms with E-state index in [0.717, 1.165) is 0 Å². The average Bonchev–Trinajstić information content (AvgIpc) is 1.72. The molecule has 0 amide bonds. The summed E-state index contributed by atoms with van der Waals surface area (Å²) in [6, 6.07) is 0. The number of thioether (sulfide) groups is 3. The van der Waals surface area contributed by atoms with E-state index in [0.29, 0.717) is 0 Å². The highest BCUT2D eigenvalue weighted by Gasteiger charge is 1.99. The molecule has 0 aromatic carbocycles. The van der Waals surface area contributed by atoms with Crippen LogP contribution in [-0.4, -0.2) is 18.8 Å². The maximum atomic E-state index is 2.10. The van der Waals surface area contributed by atoms with Crippen LogP contribution >= 0.6 is 35.3 Å². The van der Waals surface area contributed by atoms with E-state index >= 15 is 0 Å². The van der Waals surface area contributed by atoms with Crippen LogP contribution in [-0.2, 0) is 0 Å². The minimum absolute atomic E-state index is 1.43. The molecular formula is C4H9S3. The van der Waals surface area contributed by atoms with Gasteiger partial charge in [0.05, 0.1) is 0 Å². The highest BCUT2D eigenvalue weighted by Crippen LogP contribution is 2.36. The maximum absolute atomic E-state index is 2.10. The van der Waals surface area contributed by atoms with Crippen LogP contribution < -0.4 is 0 Å². The van der Waals surface area contributed by atoms with Crippen LogP contribution in [0.1, 0.15) is 0 Å². The summed E-state index contributed by atoms with van der Waals surface area (Å²) in [6.45, 7) is 0. The molecule has 0 heterocycles. The van der Waals surface area contributed by atoms with Gasteiger partial charge in [-0.05, 0) is 18.8 Å². The highest BCUT2D eigenvalue weighted by atomic mass is 32.3. The molecule has 0 unspecified atom stereocenters. The summed E-state index contributed by atoms with van der Waals surface area (Å²) >= 11 is 5.44. The summed E-state index contributed by atoms with van der Waals surface area (Å²) < 4.78 is 1.43. The van der Waals surface area contributed by atoms with Gasteiger partial charge in [0.25, 0.3) is 0 Å². The maximum Gasteiger partial charge on any atom is 0.139 e. The van der Waals surface area contributed by atoms with Crippen LogP contribution in [0.15, 0.2) is 0 Å². The minimum atomic E-state index is 1.43. The fourth-order valence-electron chi connectivity index (χ4n) is 0.250. The molecule has 0 aromatic heterocycles. The Balaban J connectivity index is 2.99. The first-order valence-electron chi connectivity index (χ1n) is 1.84. The second kappa shape index (κ2) is 5.19. The number of hydrogen-bond donors (Lipinski definition) is 0. The lowest BCUT2D eigenvalue weighted by Crippen LogP contribution is -1.70. The summed E-state index contributed by atoms with van der Waals surface area (Å²) in [5.41, 5.74) is 0. The molecule has 0 fully saturated rings. The van der Waals surface area contributed by atoms with Gasteiger partial charge < -0.3 is 0 Å². The molecule has 0 aliphatic carbocycles. The standard InChI is InChI=1S/C4H9S3/c1-5-4(6-2)7-3/h1-3H3. The van der Waals surface area contributed by atoms with Gasteiger partial charge in [0.2, 0.25) is 0 Å². The van der Waals surface area contributed by atoms with Crippen molar-refractivity contribution >= 4 is 35.3 Å². The van der Waals surface area contributed by atoms with Crippen LogP contribution in [0.3, 0.4) is 0 Å². The predicted octanol–water partition coefficient (Wildman–Crippen LogP) is 2.52. The molecule has 0 aliphatic rings. The van der Waals surface area contributed by atoms with Crippen molar-refractivity contribution in [2.45, 2.75) is 0 Å². The molecule has 7 heavy (non-hydrogen) atoms. The molecule has 0 N–H and O–H groups in total. The lowest BCUT2D eigenvalue weighted by atomic mass is 11.8. The SMILES string of the molecule is CS[C](SC)SC. The fourth-order valence-corrected chi connectivity index (χ4v) is 2.25. The quantitative estimate of drug-likeness (QED) is 0.611. The topological polar surface area (TPSA) is 0 Å². The van der Waals surface area contributed by atoms with Crippen molar-refractivity contribution in [1.82, 2.24) is 0 Å². The Kier molecular flexibility index (Phi) is 5.97. The summed E-state index contributed by atoms with van der Waals surface area (Å²) in [7, 11) is 0. The van der Waals surface area contributed by atoms with E-state index in [1.807, 2.05) is 35.3 Å². The van der Waals surface area contributed by atoms with Crippen molar-refractivity contribution in [3.63, 3.8) is 0 Å². The van der Waals surface area contributed by atoms with E-state index in [2.05, 4.69) is 18.8 Å². The van der Waals surface area contributed by atoms with E-state index in [4.69, 9.17) is 0 Å². The normalized spacial score (nSPS) is 10.3. The summed E-state index contributed by atoms with van der Waals surface area (Å²) in [5, 5.41) is 0. The smallest absolute Gasteiger partial charge is 0.134 e. The van der Waals surface area contributed by atoms with Crippen molar-refractivity contribution in [3.05, 3.63) is 3.91 Å². The van der Waals surface area contributed by atoms with Crippen LogP contribution in [0.25, 0.3) is 0 Å². The minimum Gasteiger partial charge on any atom is -0.134 e. The largest absolute Gasteiger partial charge is 0.139 e. The van der Waals surface area contributed by atoms with Crippen molar-refractivity contribution in [2.75, 3.05) is 18.8 Å². The van der Waals surface area contributed by atoms with E-state index < -0.39 is 0 Å². The summed E-state index contributed by atoms with van der Waals surface area (Å²) in [5.74, 6) is 0. The summed E-state index contributed by atoms with van der Waals surface area (Å²) in [6.07, 6.45) is 6.30. The Bertz CT molecular complexity index is 28.4. The molecule has 0 aliphatic heterocycles. The van der Waals surface area contributed by atoms with Gasteiger partial charge in [-0.2, -0.15) is 0 Å². The zero-order valence-electron chi connectivity index (χ0n) is 4.72. The second-order valence-electron chi connectivity index (χ2n) is 0.862. The molecule has 0 rings (SSSR count). The molecule has 1 radical (unpaired) electrons.